The normalized spacial score (nSPS) is 13.1. The number of pyridine rings is 1. The Kier molecular flexibility index (Phi) is 5.06. The summed E-state index contributed by atoms with van der Waals surface area (Å²) >= 11 is 0. The molecule has 3 heterocycles. The van der Waals surface area contributed by atoms with E-state index in [0.717, 1.165) is 12.1 Å². The smallest absolute Gasteiger partial charge is 0.244 e. The van der Waals surface area contributed by atoms with Crippen LogP contribution in [0.4, 0.5) is 10.1 Å². The fourth-order valence-electron chi connectivity index (χ4n) is 4.16. The maximum Gasteiger partial charge on any atom is 0.244 e. The molecule has 2 aliphatic heterocycles. The van der Waals surface area contributed by atoms with Crippen molar-refractivity contribution in [2.45, 2.75) is 6.54 Å². The molecule has 2 aliphatic rings. The quantitative estimate of drug-likeness (QED) is 0.429. The number of ether oxygens (including phenoxy) is 4. The molecule has 1 N–H and O–H groups in total. The standard InChI is InChI=1S/C26H17FN2O7/c27-15-3-1-14(2-4-15)25(31)18-10-29(19-9-23-22(35-13-36-23)8-17(19)26(18)32)11-24(30)28-16-5-6-20-21(7-16)34-12-33-20/h1-10H,11-13H2,(H,28,30). The zero-order valence-corrected chi connectivity index (χ0v) is 18.6. The van der Waals surface area contributed by atoms with E-state index in [1.165, 1.54) is 29.0 Å². The number of fused-ring (bicyclic) bond motifs is 3. The molecule has 9 nitrogen and oxygen atoms in total. The number of carbonyl (C=O) groups excluding carboxylic acids is 2. The Morgan fingerprint density at radius 1 is 0.861 bits per heavy atom. The molecule has 10 heteroatoms. The van der Waals surface area contributed by atoms with E-state index < -0.39 is 22.9 Å². The van der Waals surface area contributed by atoms with Gasteiger partial charge in [0, 0.05) is 29.6 Å². The van der Waals surface area contributed by atoms with E-state index in [1.54, 1.807) is 24.3 Å². The van der Waals surface area contributed by atoms with Gasteiger partial charge in [-0.15, -0.1) is 0 Å². The number of nitrogens with one attached hydrogen (secondary N) is 1. The number of anilines is 1. The van der Waals surface area contributed by atoms with E-state index in [-0.39, 0.29) is 36.6 Å². The Morgan fingerprint density at radius 3 is 2.28 bits per heavy atom. The largest absolute Gasteiger partial charge is 0.454 e. The van der Waals surface area contributed by atoms with Gasteiger partial charge in [-0.1, -0.05) is 0 Å². The predicted octanol–water partition coefficient (Wildman–Crippen LogP) is 3.47. The lowest BCUT2D eigenvalue weighted by atomic mass is 10.0. The Hall–Kier alpha value is -4.86. The number of rotatable bonds is 5. The first kappa shape index (κ1) is 21.7. The molecule has 0 fully saturated rings. The first-order valence-corrected chi connectivity index (χ1v) is 10.9. The molecule has 0 aliphatic carbocycles. The molecule has 0 saturated heterocycles. The van der Waals surface area contributed by atoms with Gasteiger partial charge in [-0.3, -0.25) is 14.4 Å². The maximum absolute atomic E-state index is 13.4. The monoisotopic (exact) mass is 488 g/mol. The SMILES string of the molecule is O=C(Cn1cc(C(=O)c2ccc(F)cc2)c(=O)c2cc3c(cc21)OCO3)Nc1ccc2c(c1)OCO2. The molecule has 1 aromatic heterocycles. The Balaban J connectivity index is 1.40. The van der Waals surface area contributed by atoms with Crippen LogP contribution in [-0.4, -0.2) is 29.8 Å². The summed E-state index contributed by atoms with van der Waals surface area (Å²) in [5, 5.41) is 2.97. The minimum absolute atomic E-state index is 0.00812. The fraction of sp³-hybridized carbons (Fsp3) is 0.115. The van der Waals surface area contributed by atoms with Crippen molar-refractivity contribution in [3.63, 3.8) is 0 Å². The van der Waals surface area contributed by atoms with Crippen molar-refractivity contribution < 1.29 is 32.9 Å². The third kappa shape index (κ3) is 3.78. The third-order valence-corrected chi connectivity index (χ3v) is 5.90. The second-order valence-corrected chi connectivity index (χ2v) is 8.17. The summed E-state index contributed by atoms with van der Waals surface area (Å²) in [6, 6.07) is 13.0. The highest BCUT2D eigenvalue weighted by Crippen LogP contribution is 2.36. The van der Waals surface area contributed by atoms with Crippen molar-refractivity contribution in [3.8, 4) is 23.0 Å². The zero-order valence-electron chi connectivity index (χ0n) is 18.6. The molecule has 0 bridgehead atoms. The number of amides is 1. The van der Waals surface area contributed by atoms with Crippen LogP contribution in [0.2, 0.25) is 0 Å². The van der Waals surface area contributed by atoms with Crippen LogP contribution in [0.5, 0.6) is 23.0 Å². The number of hydrogen-bond donors (Lipinski definition) is 1. The average molecular weight is 488 g/mol. The summed E-state index contributed by atoms with van der Waals surface area (Å²) in [7, 11) is 0. The van der Waals surface area contributed by atoms with Gasteiger partial charge in [0.25, 0.3) is 0 Å². The van der Waals surface area contributed by atoms with Gasteiger partial charge in [-0.25, -0.2) is 4.39 Å². The van der Waals surface area contributed by atoms with Gasteiger partial charge >= 0.3 is 0 Å². The molecule has 36 heavy (non-hydrogen) atoms. The minimum atomic E-state index is -0.593. The van der Waals surface area contributed by atoms with E-state index in [1.807, 2.05) is 0 Å². The lowest BCUT2D eigenvalue weighted by molar-refractivity contribution is -0.116. The molecule has 4 aromatic rings. The highest BCUT2D eigenvalue weighted by molar-refractivity contribution is 6.10. The summed E-state index contributed by atoms with van der Waals surface area (Å²) in [6.07, 6.45) is 1.33. The van der Waals surface area contributed by atoms with Crippen LogP contribution < -0.4 is 29.7 Å². The molecule has 180 valence electrons. The highest BCUT2D eigenvalue weighted by atomic mass is 19.1. The van der Waals surface area contributed by atoms with Crippen LogP contribution in [-0.2, 0) is 11.3 Å². The van der Waals surface area contributed by atoms with E-state index in [0.29, 0.717) is 34.2 Å². The van der Waals surface area contributed by atoms with Crippen molar-refractivity contribution in [3.05, 3.63) is 88.0 Å². The molecular weight excluding hydrogens is 471 g/mol. The van der Waals surface area contributed by atoms with Crippen LogP contribution in [0.25, 0.3) is 10.9 Å². The first-order chi connectivity index (χ1) is 17.5. The number of benzene rings is 3. The summed E-state index contributed by atoms with van der Waals surface area (Å²) in [5.74, 6) is 0.379. The van der Waals surface area contributed by atoms with E-state index in [4.69, 9.17) is 18.9 Å². The summed E-state index contributed by atoms with van der Waals surface area (Å²) < 4.78 is 36.3. The summed E-state index contributed by atoms with van der Waals surface area (Å²) in [6.45, 7) is -0.114. The molecule has 1 amide bonds. The van der Waals surface area contributed by atoms with Gasteiger partial charge in [0.2, 0.25) is 24.9 Å². The molecular formula is C26H17FN2O7. The van der Waals surface area contributed by atoms with Crippen molar-refractivity contribution in [1.82, 2.24) is 4.57 Å². The van der Waals surface area contributed by atoms with Gasteiger partial charge in [0.15, 0.2) is 28.8 Å². The van der Waals surface area contributed by atoms with E-state index in [2.05, 4.69) is 5.32 Å². The average Bonchev–Trinajstić information content (AvgIpc) is 3.53. The summed E-state index contributed by atoms with van der Waals surface area (Å²) in [4.78, 5) is 39.5. The maximum atomic E-state index is 13.4. The van der Waals surface area contributed by atoms with Gasteiger partial charge in [-0.05, 0) is 42.5 Å². The summed E-state index contributed by atoms with van der Waals surface area (Å²) in [5.41, 5.74) is 0.328. The van der Waals surface area contributed by atoms with E-state index in [9.17, 15) is 18.8 Å². The molecule has 6 rings (SSSR count). The Labute approximate surface area is 202 Å². The highest BCUT2D eigenvalue weighted by Gasteiger charge is 2.23. The molecule has 0 atom stereocenters. The third-order valence-electron chi connectivity index (χ3n) is 5.90. The molecule has 0 saturated carbocycles. The van der Waals surface area contributed by atoms with Crippen LogP contribution >= 0.6 is 0 Å². The van der Waals surface area contributed by atoms with Crippen molar-refractivity contribution in [2.75, 3.05) is 18.9 Å². The Morgan fingerprint density at radius 2 is 1.53 bits per heavy atom. The fourth-order valence-corrected chi connectivity index (χ4v) is 4.16. The molecule has 0 unspecified atom stereocenters. The van der Waals surface area contributed by atoms with Crippen LogP contribution in [0.1, 0.15) is 15.9 Å². The van der Waals surface area contributed by atoms with Crippen LogP contribution in [0, 0.1) is 5.82 Å². The lowest BCUT2D eigenvalue weighted by Crippen LogP contribution is -2.24. The molecule has 0 spiro atoms. The number of halogens is 1. The van der Waals surface area contributed by atoms with Gasteiger partial charge < -0.3 is 28.8 Å². The van der Waals surface area contributed by atoms with E-state index >= 15 is 0 Å². The Bertz CT molecular complexity index is 1610. The van der Waals surface area contributed by atoms with Crippen LogP contribution in [0.3, 0.4) is 0 Å². The first-order valence-electron chi connectivity index (χ1n) is 10.9. The topological polar surface area (TPSA) is 105 Å². The number of carbonyl (C=O) groups is 2. The molecule has 3 aromatic carbocycles. The van der Waals surface area contributed by atoms with Gasteiger partial charge in [0.1, 0.15) is 12.4 Å². The van der Waals surface area contributed by atoms with Gasteiger partial charge in [0.05, 0.1) is 16.5 Å². The van der Waals surface area contributed by atoms with Crippen LogP contribution in [0.15, 0.2) is 65.6 Å². The molecule has 0 radical (unpaired) electrons. The zero-order chi connectivity index (χ0) is 24.8. The van der Waals surface area contributed by atoms with Crippen molar-refractivity contribution >= 4 is 28.3 Å². The lowest BCUT2D eigenvalue weighted by Gasteiger charge is -2.14. The van der Waals surface area contributed by atoms with Crippen molar-refractivity contribution in [1.29, 1.82) is 0 Å². The number of aromatic nitrogens is 1. The number of hydrogen-bond acceptors (Lipinski definition) is 7. The predicted molar refractivity (Wildman–Crippen MR) is 125 cm³/mol. The van der Waals surface area contributed by atoms with Crippen molar-refractivity contribution in [2.24, 2.45) is 0 Å². The number of ketones is 1. The minimum Gasteiger partial charge on any atom is -0.454 e. The second kappa shape index (κ2) is 8.42. The second-order valence-electron chi connectivity index (χ2n) is 8.17. The van der Waals surface area contributed by atoms with Gasteiger partial charge in [-0.2, -0.15) is 0 Å². The number of nitrogens with zero attached hydrogens (tertiary/aromatic N) is 1.